The average molecular weight is 265 g/mol. The van der Waals surface area contributed by atoms with Gasteiger partial charge in [0.1, 0.15) is 0 Å². The van der Waals surface area contributed by atoms with Crippen molar-refractivity contribution in [3.63, 3.8) is 0 Å². The van der Waals surface area contributed by atoms with E-state index < -0.39 is 0 Å². The van der Waals surface area contributed by atoms with E-state index >= 15 is 0 Å². The summed E-state index contributed by atoms with van der Waals surface area (Å²) in [6.45, 7) is 9.81. The number of likely N-dealkylation sites (N-methyl/N-ethyl adjacent to an activating group) is 1. The Morgan fingerprint density at radius 1 is 1.05 bits per heavy atom. The Bertz CT molecular complexity index is 294. The van der Waals surface area contributed by atoms with Crippen molar-refractivity contribution in [3.05, 3.63) is 0 Å². The van der Waals surface area contributed by atoms with E-state index in [9.17, 15) is 0 Å². The summed E-state index contributed by atoms with van der Waals surface area (Å²) in [5, 5.41) is 3.73. The molecule has 0 aromatic carbocycles. The first kappa shape index (κ1) is 13.8. The summed E-state index contributed by atoms with van der Waals surface area (Å²) in [5.74, 6) is 0. The molecule has 2 saturated heterocycles. The predicted molar refractivity (Wildman–Crippen MR) is 80.5 cm³/mol. The largest absolute Gasteiger partial charge is 0.313 e. The van der Waals surface area contributed by atoms with Crippen LogP contribution in [0.15, 0.2) is 0 Å². The van der Waals surface area contributed by atoms with Gasteiger partial charge < -0.3 is 5.32 Å². The molecule has 3 fully saturated rings. The third-order valence-corrected chi connectivity index (χ3v) is 5.61. The second-order valence-corrected chi connectivity index (χ2v) is 6.85. The van der Waals surface area contributed by atoms with Gasteiger partial charge in [-0.05, 0) is 45.7 Å². The van der Waals surface area contributed by atoms with Crippen molar-refractivity contribution in [2.45, 2.75) is 76.5 Å². The van der Waals surface area contributed by atoms with E-state index in [1.54, 1.807) is 0 Å². The van der Waals surface area contributed by atoms with Crippen LogP contribution in [0.1, 0.15) is 52.4 Å². The Balaban J connectivity index is 1.66. The van der Waals surface area contributed by atoms with Crippen LogP contribution in [0.25, 0.3) is 0 Å². The SMILES string of the molecule is CCNC1CCCC1N1CC2CCCCN2CC1C. The highest BCUT2D eigenvalue weighted by atomic mass is 15.3. The molecule has 2 aliphatic heterocycles. The molecule has 0 spiro atoms. The van der Waals surface area contributed by atoms with E-state index in [4.69, 9.17) is 0 Å². The van der Waals surface area contributed by atoms with Crippen molar-refractivity contribution in [1.82, 2.24) is 15.1 Å². The molecule has 0 radical (unpaired) electrons. The summed E-state index contributed by atoms with van der Waals surface area (Å²) in [6, 6.07) is 3.16. The average Bonchev–Trinajstić information content (AvgIpc) is 2.86. The molecule has 0 aromatic rings. The van der Waals surface area contributed by atoms with Crippen LogP contribution >= 0.6 is 0 Å². The van der Waals surface area contributed by atoms with Gasteiger partial charge >= 0.3 is 0 Å². The van der Waals surface area contributed by atoms with Gasteiger partial charge in [-0.3, -0.25) is 9.80 Å². The highest BCUT2D eigenvalue weighted by Crippen LogP contribution is 2.31. The molecule has 3 heteroatoms. The lowest BCUT2D eigenvalue weighted by molar-refractivity contribution is -0.0118. The van der Waals surface area contributed by atoms with Gasteiger partial charge in [0.05, 0.1) is 0 Å². The molecular weight excluding hydrogens is 234 g/mol. The van der Waals surface area contributed by atoms with Gasteiger partial charge in [-0.2, -0.15) is 0 Å². The van der Waals surface area contributed by atoms with Crippen LogP contribution < -0.4 is 5.32 Å². The highest BCUT2D eigenvalue weighted by molar-refractivity contribution is 4.97. The van der Waals surface area contributed by atoms with Crippen LogP contribution in [-0.2, 0) is 0 Å². The first-order chi connectivity index (χ1) is 9.29. The Labute approximate surface area is 118 Å². The van der Waals surface area contributed by atoms with Crippen molar-refractivity contribution in [2.24, 2.45) is 0 Å². The standard InChI is InChI=1S/C16H31N3/c1-3-17-15-8-6-9-16(15)19-12-14-7-4-5-10-18(14)11-13(19)2/h13-17H,3-12H2,1-2H3. The second-order valence-electron chi connectivity index (χ2n) is 6.85. The zero-order chi connectivity index (χ0) is 13.2. The van der Waals surface area contributed by atoms with Crippen LogP contribution in [0.5, 0.6) is 0 Å². The van der Waals surface area contributed by atoms with Crippen molar-refractivity contribution < 1.29 is 0 Å². The summed E-state index contributed by atoms with van der Waals surface area (Å²) in [5.41, 5.74) is 0. The van der Waals surface area contributed by atoms with E-state index in [0.29, 0.717) is 0 Å². The van der Waals surface area contributed by atoms with E-state index in [1.807, 2.05) is 0 Å². The number of rotatable bonds is 3. The molecule has 4 unspecified atom stereocenters. The number of nitrogens with one attached hydrogen (secondary N) is 1. The first-order valence-corrected chi connectivity index (χ1v) is 8.52. The third-order valence-electron chi connectivity index (χ3n) is 5.61. The topological polar surface area (TPSA) is 18.5 Å². The monoisotopic (exact) mass is 265 g/mol. The van der Waals surface area contributed by atoms with Crippen molar-refractivity contribution in [3.8, 4) is 0 Å². The fraction of sp³-hybridized carbons (Fsp3) is 1.00. The lowest BCUT2D eigenvalue weighted by atomic mass is 9.95. The summed E-state index contributed by atoms with van der Waals surface area (Å²) < 4.78 is 0. The Morgan fingerprint density at radius 2 is 1.95 bits per heavy atom. The van der Waals surface area contributed by atoms with Crippen molar-refractivity contribution in [2.75, 3.05) is 26.2 Å². The molecule has 1 aliphatic carbocycles. The Morgan fingerprint density at radius 3 is 2.79 bits per heavy atom. The van der Waals surface area contributed by atoms with E-state index in [1.165, 1.54) is 58.2 Å². The Hall–Kier alpha value is -0.120. The minimum Gasteiger partial charge on any atom is -0.313 e. The molecule has 3 nitrogen and oxygen atoms in total. The molecular formula is C16H31N3. The van der Waals surface area contributed by atoms with Crippen LogP contribution in [-0.4, -0.2) is 60.1 Å². The van der Waals surface area contributed by atoms with Crippen molar-refractivity contribution in [1.29, 1.82) is 0 Å². The number of fused-ring (bicyclic) bond motifs is 1. The quantitative estimate of drug-likeness (QED) is 0.843. The maximum Gasteiger partial charge on any atom is 0.0253 e. The first-order valence-electron chi connectivity index (χ1n) is 8.52. The van der Waals surface area contributed by atoms with Crippen LogP contribution in [0, 0.1) is 0 Å². The van der Waals surface area contributed by atoms with Gasteiger partial charge in [0.15, 0.2) is 0 Å². The maximum absolute atomic E-state index is 3.73. The number of piperidine rings is 1. The van der Waals surface area contributed by atoms with Gasteiger partial charge in [-0.25, -0.2) is 0 Å². The molecule has 2 heterocycles. The van der Waals surface area contributed by atoms with Crippen LogP contribution in [0.3, 0.4) is 0 Å². The fourth-order valence-corrected chi connectivity index (χ4v) is 4.67. The number of hydrogen-bond acceptors (Lipinski definition) is 3. The number of hydrogen-bond donors (Lipinski definition) is 1. The summed E-state index contributed by atoms with van der Waals surface area (Å²) in [7, 11) is 0. The summed E-state index contributed by atoms with van der Waals surface area (Å²) >= 11 is 0. The molecule has 3 aliphatic rings. The molecule has 110 valence electrons. The summed E-state index contributed by atoms with van der Waals surface area (Å²) in [6.07, 6.45) is 8.52. The van der Waals surface area contributed by atoms with Crippen LogP contribution in [0.4, 0.5) is 0 Å². The smallest absolute Gasteiger partial charge is 0.0253 e. The lowest BCUT2D eigenvalue weighted by Gasteiger charge is -2.50. The number of piperazine rings is 1. The zero-order valence-corrected chi connectivity index (χ0v) is 12.8. The molecule has 0 bridgehead atoms. The molecule has 0 amide bonds. The molecule has 1 N–H and O–H groups in total. The second kappa shape index (κ2) is 6.11. The lowest BCUT2D eigenvalue weighted by Crippen LogP contribution is -2.63. The van der Waals surface area contributed by atoms with Gasteiger partial charge in [-0.1, -0.05) is 19.8 Å². The normalized spacial score (nSPS) is 41.4. The maximum atomic E-state index is 3.73. The summed E-state index contributed by atoms with van der Waals surface area (Å²) in [4.78, 5) is 5.62. The molecule has 19 heavy (non-hydrogen) atoms. The number of nitrogens with zero attached hydrogens (tertiary/aromatic N) is 2. The molecule has 3 rings (SSSR count). The van der Waals surface area contributed by atoms with E-state index in [-0.39, 0.29) is 0 Å². The molecule has 0 aromatic heterocycles. The van der Waals surface area contributed by atoms with Gasteiger partial charge in [0.25, 0.3) is 0 Å². The predicted octanol–water partition coefficient (Wildman–Crippen LogP) is 2.08. The highest BCUT2D eigenvalue weighted by Gasteiger charge is 2.40. The van der Waals surface area contributed by atoms with Gasteiger partial charge in [0.2, 0.25) is 0 Å². The van der Waals surface area contributed by atoms with E-state index in [0.717, 1.165) is 30.7 Å². The minimum atomic E-state index is 0.749. The van der Waals surface area contributed by atoms with Gasteiger partial charge in [0, 0.05) is 37.3 Å². The van der Waals surface area contributed by atoms with Gasteiger partial charge in [-0.15, -0.1) is 0 Å². The molecule has 4 atom stereocenters. The van der Waals surface area contributed by atoms with Crippen LogP contribution in [0.2, 0.25) is 0 Å². The van der Waals surface area contributed by atoms with Crippen molar-refractivity contribution >= 4 is 0 Å². The zero-order valence-electron chi connectivity index (χ0n) is 12.8. The molecule has 1 saturated carbocycles. The third kappa shape index (κ3) is 2.84. The Kier molecular flexibility index (Phi) is 4.45. The van der Waals surface area contributed by atoms with E-state index in [2.05, 4.69) is 29.0 Å². The fourth-order valence-electron chi connectivity index (χ4n) is 4.67. The minimum absolute atomic E-state index is 0.749.